The van der Waals surface area contributed by atoms with Crippen molar-refractivity contribution in [3.8, 4) is 17.6 Å². The zero-order valence-corrected chi connectivity index (χ0v) is 15.8. The van der Waals surface area contributed by atoms with Crippen molar-refractivity contribution in [1.82, 2.24) is 4.98 Å². The summed E-state index contributed by atoms with van der Waals surface area (Å²) in [6.07, 6.45) is 3.13. The number of hydrogen-bond donors (Lipinski definition) is 1. The number of carbonyl (C=O) groups is 1. The van der Waals surface area contributed by atoms with E-state index in [1.807, 2.05) is 31.2 Å². The number of rotatable bonds is 5. The summed E-state index contributed by atoms with van der Waals surface area (Å²) in [5.74, 6) is 0.460. The van der Waals surface area contributed by atoms with Gasteiger partial charge in [0, 0.05) is 22.7 Å². The summed E-state index contributed by atoms with van der Waals surface area (Å²) in [7, 11) is 2.98. The molecule has 0 fully saturated rings. The first-order valence-electron chi connectivity index (χ1n) is 8.14. The third kappa shape index (κ3) is 3.40. The van der Waals surface area contributed by atoms with Crippen molar-refractivity contribution in [2.75, 3.05) is 14.2 Å². The number of nitrogens with one attached hydrogen (secondary N) is 1. The molecule has 0 amide bonds. The topological polar surface area (TPSA) is 75.1 Å². The average Bonchev–Trinajstić information content (AvgIpc) is 3.10. The second-order valence-corrected chi connectivity index (χ2v) is 6.34. The molecule has 0 saturated heterocycles. The molecule has 0 saturated carbocycles. The van der Waals surface area contributed by atoms with Gasteiger partial charge in [-0.25, -0.2) is 0 Å². The van der Waals surface area contributed by atoms with Gasteiger partial charge >= 0.3 is 0 Å². The smallest absolute Gasteiger partial charge is 0.205 e. The van der Waals surface area contributed by atoms with Crippen molar-refractivity contribution >= 4 is 34.4 Å². The van der Waals surface area contributed by atoms with Crippen LogP contribution in [0.5, 0.6) is 11.5 Å². The molecule has 0 spiro atoms. The lowest BCUT2D eigenvalue weighted by Crippen LogP contribution is -2.02. The van der Waals surface area contributed by atoms with Crippen LogP contribution in [0.1, 0.15) is 21.5 Å². The monoisotopic (exact) mass is 380 g/mol. The van der Waals surface area contributed by atoms with Gasteiger partial charge < -0.3 is 14.5 Å². The number of hydrogen-bond acceptors (Lipinski definition) is 4. The lowest BCUT2D eigenvalue weighted by Gasteiger charge is -2.10. The van der Waals surface area contributed by atoms with Crippen molar-refractivity contribution in [3.05, 3.63) is 63.8 Å². The predicted molar refractivity (Wildman–Crippen MR) is 106 cm³/mol. The Morgan fingerprint density at radius 1 is 1.26 bits per heavy atom. The van der Waals surface area contributed by atoms with E-state index in [1.54, 1.807) is 18.3 Å². The van der Waals surface area contributed by atoms with Crippen molar-refractivity contribution in [2.45, 2.75) is 6.92 Å². The molecule has 0 aliphatic rings. The maximum absolute atomic E-state index is 13.0. The Hall–Kier alpha value is -3.23. The number of methoxy groups -OCH3 is 2. The van der Waals surface area contributed by atoms with E-state index in [1.165, 1.54) is 20.3 Å². The number of aryl methyl sites for hydroxylation is 1. The van der Waals surface area contributed by atoms with E-state index >= 15 is 0 Å². The normalized spacial score (nSPS) is 11.3. The molecule has 1 heterocycles. The molecule has 6 heteroatoms. The van der Waals surface area contributed by atoms with Crippen molar-refractivity contribution in [1.29, 1.82) is 5.26 Å². The maximum atomic E-state index is 13.0. The molecule has 5 nitrogen and oxygen atoms in total. The second-order valence-electron chi connectivity index (χ2n) is 5.94. The Morgan fingerprint density at radius 3 is 2.70 bits per heavy atom. The van der Waals surface area contributed by atoms with E-state index in [9.17, 15) is 10.1 Å². The van der Waals surface area contributed by atoms with Gasteiger partial charge in [-0.3, -0.25) is 4.79 Å². The molecule has 2 aromatic carbocycles. The summed E-state index contributed by atoms with van der Waals surface area (Å²) in [6, 6.07) is 11.0. The number of halogens is 1. The van der Waals surface area contributed by atoms with E-state index in [-0.39, 0.29) is 11.4 Å². The summed E-state index contributed by atoms with van der Waals surface area (Å²) in [6.45, 7) is 1.93. The number of nitriles is 1. The fourth-order valence-corrected chi connectivity index (χ4v) is 3.32. The van der Waals surface area contributed by atoms with Crippen LogP contribution in [-0.4, -0.2) is 25.0 Å². The molecular weight excluding hydrogens is 364 g/mol. The van der Waals surface area contributed by atoms with Gasteiger partial charge in [0.15, 0.2) is 11.5 Å². The number of fused-ring (bicyclic) bond motifs is 1. The first kappa shape index (κ1) is 18.6. The fourth-order valence-electron chi connectivity index (χ4n) is 3.03. The molecule has 0 aliphatic heterocycles. The Bertz CT molecular complexity index is 1110. The van der Waals surface area contributed by atoms with Gasteiger partial charge in [0.25, 0.3) is 0 Å². The standard InChI is InChI=1S/C21H17ClN2O3/c1-12-5-4-6-17-19(12)15(11-24-17)20(25)14(10-23)7-13-8-16(22)21(27-3)18(9-13)26-2/h4-9,11,24H,1-3H3/b14-7+. The number of ketones is 1. The quantitative estimate of drug-likeness (QED) is 0.386. The van der Waals surface area contributed by atoms with Crippen LogP contribution in [0.15, 0.2) is 42.1 Å². The van der Waals surface area contributed by atoms with E-state index in [0.29, 0.717) is 27.6 Å². The van der Waals surface area contributed by atoms with Gasteiger partial charge in [0.05, 0.1) is 19.2 Å². The first-order chi connectivity index (χ1) is 13.0. The van der Waals surface area contributed by atoms with Crippen molar-refractivity contribution < 1.29 is 14.3 Å². The fraction of sp³-hybridized carbons (Fsp3) is 0.143. The van der Waals surface area contributed by atoms with Crippen molar-refractivity contribution in [3.63, 3.8) is 0 Å². The third-order valence-corrected chi connectivity index (χ3v) is 4.57. The summed E-state index contributed by atoms with van der Waals surface area (Å²) in [4.78, 5) is 16.1. The highest BCUT2D eigenvalue weighted by Gasteiger charge is 2.18. The Kier molecular flexibility index (Phi) is 5.20. The largest absolute Gasteiger partial charge is 0.493 e. The lowest BCUT2D eigenvalue weighted by atomic mass is 9.99. The minimum atomic E-state index is -0.357. The van der Waals surface area contributed by atoms with E-state index in [4.69, 9.17) is 21.1 Å². The van der Waals surface area contributed by atoms with Crippen LogP contribution in [-0.2, 0) is 0 Å². The maximum Gasteiger partial charge on any atom is 0.205 e. The zero-order chi connectivity index (χ0) is 19.6. The zero-order valence-electron chi connectivity index (χ0n) is 15.1. The number of carbonyl (C=O) groups excluding carboxylic acids is 1. The van der Waals surface area contributed by atoms with Crippen LogP contribution < -0.4 is 9.47 Å². The number of ether oxygens (including phenoxy) is 2. The van der Waals surface area contributed by atoms with Crippen LogP contribution in [0.25, 0.3) is 17.0 Å². The number of aromatic nitrogens is 1. The molecule has 0 unspecified atom stereocenters. The molecule has 136 valence electrons. The SMILES string of the molecule is COc1cc(/C=C(\C#N)C(=O)c2c[nH]c3cccc(C)c23)cc(Cl)c1OC. The molecule has 0 atom stereocenters. The molecule has 0 radical (unpaired) electrons. The molecule has 3 aromatic rings. The highest BCUT2D eigenvalue weighted by molar-refractivity contribution is 6.32. The van der Waals surface area contributed by atoms with Crippen LogP contribution in [0, 0.1) is 18.3 Å². The molecule has 3 rings (SSSR count). The molecule has 1 N–H and O–H groups in total. The second kappa shape index (κ2) is 7.56. The molecule has 0 aliphatic carbocycles. The number of allylic oxidation sites excluding steroid dienone is 1. The van der Waals surface area contributed by atoms with Crippen LogP contribution in [0.3, 0.4) is 0 Å². The Morgan fingerprint density at radius 2 is 2.04 bits per heavy atom. The number of aromatic amines is 1. The van der Waals surface area contributed by atoms with Crippen LogP contribution >= 0.6 is 11.6 Å². The molecule has 27 heavy (non-hydrogen) atoms. The minimum Gasteiger partial charge on any atom is -0.493 e. The summed E-state index contributed by atoms with van der Waals surface area (Å²) in [5, 5.41) is 10.7. The van der Waals surface area contributed by atoms with Crippen LogP contribution in [0.4, 0.5) is 0 Å². The van der Waals surface area contributed by atoms with E-state index < -0.39 is 0 Å². The summed E-state index contributed by atoms with van der Waals surface area (Å²) in [5.41, 5.74) is 2.84. The van der Waals surface area contributed by atoms with E-state index in [2.05, 4.69) is 4.98 Å². The van der Waals surface area contributed by atoms with Crippen molar-refractivity contribution in [2.24, 2.45) is 0 Å². The summed E-state index contributed by atoms with van der Waals surface area (Å²) < 4.78 is 10.5. The average molecular weight is 381 g/mol. The number of benzene rings is 2. The molecular formula is C21H17ClN2O3. The molecule has 1 aromatic heterocycles. The minimum absolute atomic E-state index is 0.00226. The summed E-state index contributed by atoms with van der Waals surface area (Å²) >= 11 is 6.21. The number of nitrogens with zero attached hydrogens (tertiary/aromatic N) is 1. The van der Waals surface area contributed by atoms with Gasteiger partial charge in [0.1, 0.15) is 11.6 Å². The van der Waals surface area contributed by atoms with Gasteiger partial charge in [-0.05, 0) is 42.3 Å². The first-order valence-corrected chi connectivity index (χ1v) is 8.52. The van der Waals surface area contributed by atoms with Gasteiger partial charge in [-0.1, -0.05) is 23.7 Å². The van der Waals surface area contributed by atoms with Gasteiger partial charge in [-0.15, -0.1) is 0 Å². The van der Waals surface area contributed by atoms with Gasteiger partial charge in [0.2, 0.25) is 5.78 Å². The molecule has 0 bridgehead atoms. The Balaban J connectivity index is 2.08. The van der Waals surface area contributed by atoms with Crippen LogP contribution in [0.2, 0.25) is 5.02 Å². The highest BCUT2D eigenvalue weighted by atomic mass is 35.5. The predicted octanol–water partition coefficient (Wildman–Crippen LogP) is 4.94. The number of H-pyrrole nitrogens is 1. The van der Waals surface area contributed by atoms with E-state index in [0.717, 1.165) is 16.5 Å². The van der Waals surface area contributed by atoms with Gasteiger partial charge in [-0.2, -0.15) is 5.26 Å². The Labute approximate surface area is 161 Å². The third-order valence-electron chi connectivity index (χ3n) is 4.29. The number of Topliss-reactive ketones (excluding diaryl/α,β-unsaturated/α-hetero) is 1. The lowest BCUT2D eigenvalue weighted by molar-refractivity contribution is 0.104. The highest BCUT2D eigenvalue weighted by Crippen LogP contribution is 2.36.